The Bertz CT molecular complexity index is 625. The Hall–Kier alpha value is -2.18. The topological polar surface area (TPSA) is 103 Å². The number of fused-ring (bicyclic) bond motifs is 1. The standard InChI is InChI=1S/C9H10N4O3/c1-4-6(3-7(14)15)8(16)13-5(2)11-12-9(13)10-4/h3H2,1-2H3,(H,10,12)(H,14,15)/p-1. The molecular formula is C9H9N4O3-. The Morgan fingerprint density at radius 1 is 1.50 bits per heavy atom. The van der Waals surface area contributed by atoms with Crippen molar-refractivity contribution in [3.8, 4) is 0 Å². The molecule has 0 saturated heterocycles. The average molecular weight is 221 g/mol. The van der Waals surface area contributed by atoms with Gasteiger partial charge in [0, 0.05) is 18.0 Å². The number of carboxylic acid groups (broad SMARTS) is 1. The first-order valence-electron chi connectivity index (χ1n) is 4.63. The molecule has 16 heavy (non-hydrogen) atoms. The number of nitrogens with zero attached hydrogens (tertiary/aromatic N) is 3. The predicted molar refractivity (Wildman–Crippen MR) is 51.8 cm³/mol. The molecule has 7 heteroatoms. The van der Waals surface area contributed by atoms with E-state index in [4.69, 9.17) is 0 Å². The number of aromatic amines is 1. The quantitative estimate of drug-likeness (QED) is 0.652. The van der Waals surface area contributed by atoms with Crippen molar-refractivity contribution in [2.75, 3.05) is 0 Å². The number of nitrogens with one attached hydrogen (secondary N) is 1. The van der Waals surface area contributed by atoms with Gasteiger partial charge in [-0.15, -0.1) is 0 Å². The van der Waals surface area contributed by atoms with E-state index in [2.05, 4.69) is 15.2 Å². The molecule has 0 spiro atoms. The van der Waals surface area contributed by atoms with E-state index in [9.17, 15) is 14.7 Å². The molecule has 0 aliphatic heterocycles. The van der Waals surface area contributed by atoms with Crippen LogP contribution in [-0.4, -0.2) is 25.6 Å². The van der Waals surface area contributed by atoms with Crippen LogP contribution in [-0.2, 0) is 11.2 Å². The van der Waals surface area contributed by atoms with Gasteiger partial charge in [-0.05, 0) is 13.8 Å². The summed E-state index contributed by atoms with van der Waals surface area (Å²) in [5, 5.41) is 16.9. The molecular weight excluding hydrogens is 212 g/mol. The molecule has 0 unspecified atom stereocenters. The minimum absolute atomic E-state index is 0.127. The maximum absolute atomic E-state index is 11.9. The molecule has 0 aliphatic rings. The molecule has 2 aromatic rings. The van der Waals surface area contributed by atoms with Crippen LogP contribution in [0, 0.1) is 13.8 Å². The van der Waals surface area contributed by atoms with E-state index in [1.165, 1.54) is 4.40 Å². The smallest absolute Gasteiger partial charge is 0.264 e. The van der Waals surface area contributed by atoms with Crippen LogP contribution in [0.3, 0.4) is 0 Å². The number of H-pyrrole nitrogens is 1. The van der Waals surface area contributed by atoms with E-state index in [0.29, 0.717) is 17.3 Å². The van der Waals surface area contributed by atoms with E-state index in [0.717, 1.165) is 0 Å². The Morgan fingerprint density at radius 2 is 2.19 bits per heavy atom. The number of rotatable bonds is 2. The van der Waals surface area contributed by atoms with Crippen molar-refractivity contribution in [2.24, 2.45) is 0 Å². The normalized spacial score (nSPS) is 10.9. The van der Waals surface area contributed by atoms with Gasteiger partial charge >= 0.3 is 0 Å². The molecule has 0 amide bonds. The van der Waals surface area contributed by atoms with Gasteiger partial charge in [0.25, 0.3) is 5.56 Å². The first-order chi connectivity index (χ1) is 7.50. The second-order valence-corrected chi connectivity index (χ2v) is 3.46. The van der Waals surface area contributed by atoms with E-state index in [1.54, 1.807) is 13.8 Å². The molecule has 0 atom stereocenters. The van der Waals surface area contributed by atoms with Crippen molar-refractivity contribution in [3.63, 3.8) is 0 Å². The molecule has 0 bridgehead atoms. The SMILES string of the molecule is Cc1nc2[nH]nc(C)n2c(=O)c1CC(=O)[O-]. The first-order valence-corrected chi connectivity index (χ1v) is 4.63. The molecule has 0 aromatic carbocycles. The number of aromatic nitrogens is 4. The zero-order valence-electron chi connectivity index (χ0n) is 8.77. The molecule has 0 fully saturated rings. The number of hydrogen-bond donors (Lipinski definition) is 1. The van der Waals surface area contributed by atoms with Gasteiger partial charge in [0.15, 0.2) is 0 Å². The van der Waals surface area contributed by atoms with Crippen LogP contribution >= 0.6 is 0 Å². The van der Waals surface area contributed by atoms with Gasteiger partial charge in [-0.3, -0.25) is 4.79 Å². The Labute approximate surface area is 89.8 Å². The summed E-state index contributed by atoms with van der Waals surface area (Å²) < 4.78 is 1.24. The molecule has 0 aliphatic carbocycles. The van der Waals surface area contributed by atoms with E-state index in [1.807, 2.05) is 0 Å². The fraction of sp³-hybridized carbons (Fsp3) is 0.333. The second-order valence-electron chi connectivity index (χ2n) is 3.46. The van der Waals surface area contributed by atoms with Crippen LogP contribution < -0.4 is 10.7 Å². The average Bonchev–Trinajstić information content (AvgIpc) is 2.54. The van der Waals surface area contributed by atoms with Gasteiger partial charge in [-0.2, -0.15) is 5.10 Å². The third kappa shape index (κ3) is 1.46. The highest BCUT2D eigenvalue weighted by molar-refractivity contribution is 5.68. The van der Waals surface area contributed by atoms with Crippen molar-refractivity contribution in [3.05, 3.63) is 27.4 Å². The first kappa shape index (κ1) is 10.3. The van der Waals surface area contributed by atoms with Crippen molar-refractivity contribution in [2.45, 2.75) is 20.3 Å². The highest BCUT2D eigenvalue weighted by atomic mass is 16.4. The number of hydrogen-bond acceptors (Lipinski definition) is 5. The van der Waals surface area contributed by atoms with Gasteiger partial charge in [-0.1, -0.05) is 0 Å². The van der Waals surface area contributed by atoms with Gasteiger partial charge in [0.2, 0.25) is 5.78 Å². The molecule has 0 saturated carbocycles. The lowest BCUT2D eigenvalue weighted by Crippen LogP contribution is -2.30. The molecule has 2 heterocycles. The Morgan fingerprint density at radius 3 is 2.81 bits per heavy atom. The number of carbonyl (C=O) groups excluding carboxylic acids is 1. The summed E-state index contributed by atoms with van der Waals surface area (Å²) in [6.45, 7) is 3.21. The third-order valence-electron chi connectivity index (χ3n) is 2.35. The van der Waals surface area contributed by atoms with E-state index < -0.39 is 17.9 Å². The number of aryl methyl sites for hydroxylation is 2. The lowest BCUT2D eigenvalue weighted by Gasteiger charge is -2.05. The fourth-order valence-electron chi connectivity index (χ4n) is 1.57. The summed E-state index contributed by atoms with van der Waals surface area (Å²) in [7, 11) is 0. The summed E-state index contributed by atoms with van der Waals surface area (Å²) in [5.41, 5.74) is 0.0813. The van der Waals surface area contributed by atoms with Crippen molar-refractivity contribution in [1.29, 1.82) is 0 Å². The zero-order valence-corrected chi connectivity index (χ0v) is 8.77. The van der Waals surface area contributed by atoms with E-state index in [-0.39, 0.29) is 5.56 Å². The Kier molecular flexibility index (Phi) is 2.22. The second kappa shape index (κ2) is 3.44. The molecule has 1 N–H and O–H groups in total. The highest BCUT2D eigenvalue weighted by Gasteiger charge is 2.12. The molecule has 2 aromatic heterocycles. The summed E-state index contributed by atoms with van der Waals surface area (Å²) >= 11 is 0. The molecule has 2 rings (SSSR count). The Balaban J connectivity index is 2.79. The van der Waals surface area contributed by atoms with Gasteiger partial charge in [-0.25, -0.2) is 14.5 Å². The fourth-order valence-corrected chi connectivity index (χ4v) is 1.57. The lowest BCUT2D eigenvalue weighted by atomic mass is 10.2. The van der Waals surface area contributed by atoms with Crippen molar-refractivity contribution in [1.82, 2.24) is 19.6 Å². The van der Waals surface area contributed by atoms with Gasteiger partial charge < -0.3 is 9.90 Å². The molecule has 7 nitrogen and oxygen atoms in total. The summed E-state index contributed by atoms with van der Waals surface area (Å²) in [6.07, 6.45) is -0.439. The van der Waals surface area contributed by atoms with Crippen LogP contribution in [0.2, 0.25) is 0 Å². The van der Waals surface area contributed by atoms with Crippen LogP contribution in [0.4, 0.5) is 0 Å². The van der Waals surface area contributed by atoms with Gasteiger partial charge in [0.05, 0.1) is 5.69 Å². The monoisotopic (exact) mass is 221 g/mol. The third-order valence-corrected chi connectivity index (χ3v) is 2.35. The maximum Gasteiger partial charge on any atom is 0.264 e. The van der Waals surface area contributed by atoms with E-state index >= 15 is 0 Å². The van der Waals surface area contributed by atoms with Crippen LogP contribution in [0.25, 0.3) is 5.78 Å². The maximum atomic E-state index is 11.9. The van der Waals surface area contributed by atoms with Crippen LogP contribution in [0.5, 0.6) is 0 Å². The predicted octanol–water partition coefficient (Wildman–Crippen LogP) is -1.67. The molecule has 0 radical (unpaired) electrons. The zero-order chi connectivity index (χ0) is 11.9. The number of carbonyl (C=O) groups is 1. The van der Waals surface area contributed by atoms with Crippen LogP contribution in [0.15, 0.2) is 4.79 Å². The van der Waals surface area contributed by atoms with Gasteiger partial charge in [0.1, 0.15) is 5.82 Å². The summed E-state index contributed by atoms with van der Waals surface area (Å²) in [5.74, 6) is -0.558. The van der Waals surface area contributed by atoms with Crippen LogP contribution in [0.1, 0.15) is 17.1 Å². The highest BCUT2D eigenvalue weighted by Crippen LogP contribution is 2.03. The molecule has 84 valence electrons. The van der Waals surface area contributed by atoms with Crippen molar-refractivity contribution < 1.29 is 9.90 Å². The largest absolute Gasteiger partial charge is 0.550 e. The number of carboxylic acids is 1. The number of aliphatic carboxylic acids is 1. The minimum Gasteiger partial charge on any atom is -0.550 e. The minimum atomic E-state index is -1.30. The summed E-state index contributed by atoms with van der Waals surface area (Å²) in [6, 6.07) is 0. The summed E-state index contributed by atoms with van der Waals surface area (Å²) in [4.78, 5) is 26.5. The van der Waals surface area contributed by atoms with Crippen molar-refractivity contribution >= 4 is 11.7 Å². The lowest BCUT2D eigenvalue weighted by molar-refractivity contribution is -0.304.